The van der Waals surface area contributed by atoms with Gasteiger partial charge in [-0.3, -0.25) is 4.68 Å². The third-order valence-corrected chi connectivity index (χ3v) is 2.31. The second-order valence-electron chi connectivity index (χ2n) is 3.05. The Balaban J connectivity index is 2.64. The summed E-state index contributed by atoms with van der Waals surface area (Å²) in [7, 11) is 1.92. The zero-order valence-corrected chi connectivity index (χ0v) is 9.27. The number of ether oxygens (including phenoxy) is 1. The third kappa shape index (κ3) is 2.40. The van der Waals surface area contributed by atoms with Crippen LogP contribution in [-0.2, 0) is 7.05 Å². The molecular weight excluding hydrogens is 184 g/mol. The summed E-state index contributed by atoms with van der Waals surface area (Å²) in [6, 6.07) is 0. The summed E-state index contributed by atoms with van der Waals surface area (Å²) in [4.78, 5) is 0. The minimum Gasteiger partial charge on any atom is -0.490 e. The summed E-state index contributed by atoms with van der Waals surface area (Å²) in [6.07, 6.45) is 0.969. The second-order valence-corrected chi connectivity index (χ2v) is 3.50. The molecule has 0 unspecified atom stereocenters. The van der Waals surface area contributed by atoms with Crippen LogP contribution in [-0.4, -0.2) is 22.1 Å². The summed E-state index contributed by atoms with van der Waals surface area (Å²) in [5, 5.41) is 4.26. The van der Waals surface area contributed by atoms with E-state index in [0.29, 0.717) is 0 Å². The van der Waals surface area contributed by atoms with E-state index >= 15 is 0 Å². The Morgan fingerprint density at radius 1 is 1.46 bits per heavy atom. The molecule has 0 radical (unpaired) electrons. The highest BCUT2D eigenvalue weighted by atomic mass is 32.1. The van der Waals surface area contributed by atoms with E-state index < -0.39 is 0 Å². The molecule has 4 heteroatoms. The third-order valence-electron chi connectivity index (χ3n) is 1.99. The van der Waals surface area contributed by atoms with Gasteiger partial charge in [0.25, 0.3) is 0 Å². The van der Waals surface area contributed by atoms with Gasteiger partial charge in [0.15, 0.2) is 5.75 Å². The maximum atomic E-state index is 5.60. The number of nitrogens with zero attached hydrogens (tertiary/aromatic N) is 2. The minimum atomic E-state index is 0.719. The number of thiol groups is 1. The van der Waals surface area contributed by atoms with Crippen LogP contribution in [0.4, 0.5) is 0 Å². The van der Waals surface area contributed by atoms with Gasteiger partial charge in [-0.05, 0) is 26.0 Å². The summed E-state index contributed by atoms with van der Waals surface area (Å²) in [5.74, 6) is 1.78. The molecule has 0 fully saturated rings. The minimum absolute atomic E-state index is 0.719. The SMILES string of the molecule is Cc1nn(C)c(C)c1OCCCS. The van der Waals surface area contributed by atoms with Gasteiger partial charge in [0, 0.05) is 7.05 Å². The van der Waals surface area contributed by atoms with Crippen LogP contribution in [0.25, 0.3) is 0 Å². The summed E-state index contributed by atoms with van der Waals surface area (Å²) in [5.41, 5.74) is 2.04. The van der Waals surface area contributed by atoms with Crippen molar-refractivity contribution in [1.29, 1.82) is 0 Å². The molecule has 3 nitrogen and oxygen atoms in total. The van der Waals surface area contributed by atoms with E-state index in [0.717, 1.165) is 35.9 Å². The quantitative estimate of drug-likeness (QED) is 0.592. The Bertz CT molecular complexity index is 283. The average Bonchev–Trinajstić information content (AvgIpc) is 2.32. The van der Waals surface area contributed by atoms with Crippen molar-refractivity contribution < 1.29 is 4.74 Å². The molecule has 0 amide bonds. The van der Waals surface area contributed by atoms with Gasteiger partial charge in [0.2, 0.25) is 0 Å². The zero-order chi connectivity index (χ0) is 9.84. The number of rotatable bonds is 4. The average molecular weight is 200 g/mol. The molecular formula is C9H16N2OS. The monoisotopic (exact) mass is 200 g/mol. The molecule has 0 bridgehead atoms. The van der Waals surface area contributed by atoms with Crippen molar-refractivity contribution in [3.63, 3.8) is 0 Å². The first-order chi connectivity index (χ1) is 6.16. The van der Waals surface area contributed by atoms with Crippen LogP contribution < -0.4 is 4.74 Å². The molecule has 0 aliphatic rings. The predicted molar refractivity (Wildman–Crippen MR) is 56.6 cm³/mol. The Hall–Kier alpha value is -0.640. The first-order valence-corrected chi connectivity index (χ1v) is 5.04. The molecule has 0 saturated carbocycles. The molecule has 0 atom stereocenters. The van der Waals surface area contributed by atoms with Crippen LogP contribution in [0.3, 0.4) is 0 Å². The molecule has 0 aromatic carbocycles. The van der Waals surface area contributed by atoms with Gasteiger partial charge in [-0.2, -0.15) is 17.7 Å². The molecule has 74 valence electrons. The normalized spacial score (nSPS) is 10.5. The van der Waals surface area contributed by atoms with Crippen LogP contribution in [0.2, 0.25) is 0 Å². The van der Waals surface area contributed by atoms with Crippen molar-refractivity contribution in [2.24, 2.45) is 7.05 Å². The Morgan fingerprint density at radius 2 is 2.15 bits per heavy atom. The van der Waals surface area contributed by atoms with Gasteiger partial charge in [-0.25, -0.2) is 0 Å². The van der Waals surface area contributed by atoms with Gasteiger partial charge in [0.05, 0.1) is 12.3 Å². The number of hydrogen-bond donors (Lipinski definition) is 1. The Labute approximate surface area is 84.5 Å². The standard InChI is InChI=1S/C9H16N2OS/c1-7-9(12-5-4-6-13)8(2)11(3)10-7/h13H,4-6H2,1-3H3. The van der Waals surface area contributed by atoms with Crippen LogP contribution in [0.1, 0.15) is 17.8 Å². The topological polar surface area (TPSA) is 27.1 Å². The number of hydrogen-bond acceptors (Lipinski definition) is 3. The van der Waals surface area contributed by atoms with E-state index in [-0.39, 0.29) is 0 Å². The van der Waals surface area contributed by atoms with E-state index in [1.807, 2.05) is 25.6 Å². The van der Waals surface area contributed by atoms with Crippen molar-refractivity contribution in [2.75, 3.05) is 12.4 Å². The van der Waals surface area contributed by atoms with Crippen LogP contribution in [0.5, 0.6) is 5.75 Å². The smallest absolute Gasteiger partial charge is 0.162 e. The molecule has 0 saturated heterocycles. The molecule has 1 rings (SSSR count). The molecule has 0 aliphatic carbocycles. The predicted octanol–water partition coefficient (Wildman–Crippen LogP) is 1.74. The van der Waals surface area contributed by atoms with E-state index in [1.165, 1.54) is 0 Å². The van der Waals surface area contributed by atoms with Gasteiger partial charge in [0.1, 0.15) is 5.69 Å². The van der Waals surface area contributed by atoms with Crippen molar-refractivity contribution >= 4 is 12.6 Å². The lowest BCUT2D eigenvalue weighted by Crippen LogP contribution is -2.00. The first-order valence-electron chi connectivity index (χ1n) is 4.40. The highest BCUT2D eigenvalue weighted by molar-refractivity contribution is 7.80. The molecule has 1 aromatic heterocycles. The zero-order valence-electron chi connectivity index (χ0n) is 8.37. The van der Waals surface area contributed by atoms with E-state index in [9.17, 15) is 0 Å². The highest BCUT2D eigenvalue weighted by Crippen LogP contribution is 2.21. The maximum Gasteiger partial charge on any atom is 0.162 e. The Kier molecular flexibility index (Phi) is 3.66. The maximum absolute atomic E-state index is 5.60. The largest absolute Gasteiger partial charge is 0.490 e. The summed E-state index contributed by atoms with van der Waals surface area (Å²) < 4.78 is 7.44. The number of aryl methyl sites for hydroxylation is 2. The van der Waals surface area contributed by atoms with Crippen molar-refractivity contribution in [1.82, 2.24) is 9.78 Å². The fourth-order valence-corrected chi connectivity index (χ4v) is 1.33. The molecule has 1 heterocycles. The lowest BCUT2D eigenvalue weighted by molar-refractivity contribution is 0.314. The van der Waals surface area contributed by atoms with Gasteiger partial charge < -0.3 is 4.74 Å². The van der Waals surface area contributed by atoms with Gasteiger partial charge in [-0.15, -0.1) is 0 Å². The van der Waals surface area contributed by atoms with E-state index in [1.54, 1.807) is 0 Å². The lowest BCUT2D eigenvalue weighted by Gasteiger charge is -2.04. The highest BCUT2D eigenvalue weighted by Gasteiger charge is 2.09. The number of aromatic nitrogens is 2. The molecule has 0 N–H and O–H groups in total. The van der Waals surface area contributed by atoms with E-state index in [2.05, 4.69) is 17.7 Å². The van der Waals surface area contributed by atoms with Crippen LogP contribution in [0.15, 0.2) is 0 Å². The lowest BCUT2D eigenvalue weighted by atomic mass is 10.3. The second kappa shape index (κ2) is 4.56. The summed E-state index contributed by atoms with van der Waals surface area (Å²) >= 11 is 4.12. The van der Waals surface area contributed by atoms with Crippen molar-refractivity contribution in [3.8, 4) is 5.75 Å². The van der Waals surface area contributed by atoms with E-state index in [4.69, 9.17) is 4.74 Å². The first kappa shape index (κ1) is 10.4. The molecule has 0 spiro atoms. The fraction of sp³-hybridized carbons (Fsp3) is 0.667. The van der Waals surface area contributed by atoms with Gasteiger partial charge in [-0.1, -0.05) is 0 Å². The van der Waals surface area contributed by atoms with Crippen LogP contribution >= 0.6 is 12.6 Å². The molecule has 0 aliphatic heterocycles. The molecule has 1 aromatic rings. The van der Waals surface area contributed by atoms with Crippen molar-refractivity contribution in [3.05, 3.63) is 11.4 Å². The molecule has 13 heavy (non-hydrogen) atoms. The van der Waals surface area contributed by atoms with Gasteiger partial charge >= 0.3 is 0 Å². The van der Waals surface area contributed by atoms with Crippen molar-refractivity contribution in [2.45, 2.75) is 20.3 Å². The summed E-state index contributed by atoms with van der Waals surface area (Å²) in [6.45, 7) is 4.69. The fourth-order valence-electron chi connectivity index (χ4n) is 1.20. The van der Waals surface area contributed by atoms with Crippen LogP contribution in [0, 0.1) is 13.8 Å². The Morgan fingerprint density at radius 3 is 2.62 bits per heavy atom.